The summed E-state index contributed by atoms with van der Waals surface area (Å²) < 4.78 is 37.1. The molecule has 0 radical (unpaired) electrons. The largest absolute Gasteiger partial charge is 0.486 e. The molecular formula is C26H25BrN6O6S. The number of carbonyl (C=O) groups is 1. The van der Waals surface area contributed by atoms with Gasteiger partial charge in [0.15, 0.2) is 23.3 Å². The summed E-state index contributed by atoms with van der Waals surface area (Å²) in [6.45, 7) is 0.204. The number of pyridine rings is 1. The van der Waals surface area contributed by atoms with E-state index in [0.29, 0.717) is 28.1 Å². The highest BCUT2D eigenvalue weighted by molar-refractivity contribution is 9.10. The summed E-state index contributed by atoms with van der Waals surface area (Å²) in [6, 6.07) is 14.5. The number of amides is 1. The average Bonchev–Trinajstić information content (AvgIpc) is 2.94. The number of aliphatic hydroxyl groups is 1. The van der Waals surface area contributed by atoms with E-state index in [9.17, 15) is 18.3 Å². The first-order chi connectivity index (χ1) is 19.2. The number of halogens is 1. The lowest BCUT2D eigenvalue weighted by molar-refractivity contribution is 0.0457. The van der Waals surface area contributed by atoms with Crippen molar-refractivity contribution in [3.8, 4) is 22.6 Å². The van der Waals surface area contributed by atoms with Crippen LogP contribution in [0.25, 0.3) is 22.2 Å². The molecule has 40 heavy (non-hydrogen) atoms. The van der Waals surface area contributed by atoms with Crippen LogP contribution in [0.5, 0.6) is 11.5 Å². The van der Waals surface area contributed by atoms with E-state index < -0.39 is 22.0 Å². The molecule has 2 aromatic carbocycles. The Bertz CT molecular complexity index is 1690. The minimum Gasteiger partial charge on any atom is -0.486 e. The molecule has 5 rings (SSSR count). The van der Waals surface area contributed by atoms with E-state index in [1.165, 1.54) is 0 Å². The van der Waals surface area contributed by atoms with Crippen LogP contribution >= 0.6 is 15.9 Å². The second kappa shape index (κ2) is 11.7. The van der Waals surface area contributed by atoms with E-state index in [-0.39, 0.29) is 43.6 Å². The van der Waals surface area contributed by atoms with Crippen molar-refractivity contribution in [3.63, 3.8) is 0 Å². The summed E-state index contributed by atoms with van der Waals surface area (Å²) in [4.78, 5) is 26.7. The quantitative estimate of drug-likeness (QED) is 0.202. The Labute approximate surface area is 238 Å². The van der Waals surface area contributed by atoms with Crippen LogP contribution in [-0.2, 0) is 10.0 Å². The van der Waals surface area contributed by atoms with Crippen LogP contribution in [0.4, 0.5) is 11.6 Å². The average molecular weight is 629 g/mol. The minimum atomic E-state index is -3.39. The second-order valence-corrected chi connectivity index (χ2v) is 11.6. The molecule has 0 bridgehead atoms. The Morgan fingerprint density at radius 1 is 1.10 bits per heavy atom. The third kappa shape index (κ3) is 6.47. The zero-order valence-electron chi connectivity index (χ0n) is 21.2. The topological polar surface area (TPSA) is 165 Å². The number of hydrogen-bond donors (Lipinski definition) is 4. The molecule has 12 nitrogen and oxygen atoms in total. The molecule has 0 fully saturated rings. The number of nitrogens with zero attached hydrogens (tertiary/aromatic N) is 3. The highest BCUT2D eigenvalue weighted by atomic mass is 79.9. The number of aromatic nitrogens is 3. The third-order valence-corrected chi connectivity index (χ3v) is 7.26. The zero-order valence-corrected chi connectivity index (χ0v) is 23.6. The van der Waals surface area contributed by atoms with Gasteiger partial charge < -0.3 is 25.2 Å². The van der Waals surface area contributed by atoms with Crippen LogP contribution in [0, 0.1) is 0 Å². The lowest BCUT2D eigenvalue weighted by Crippen LogP contribution is -2.34. The first kappa shape index (κ1) is 27.7. The fourth-order valence-corrected chi connectivity index (χ4v) is 4.96. The van der Waals surface area contributed by atoms with Gasteiger partial charge in [-0.25, -0.2) is 23.1 Å². The number of aliphatic hydroxyl groups excluding tert-OH is 1. The van der Waals surface area contributed by atoms with Gasteiger partial charge in [-0.2, -0.15) is 4.98 Å². The van der Waals surface area contributed by atoms with Gasteiger partial charge in [0.25, 0.3) is 5.91 Å². The fraction of sp³-hybridized carbons (Fsp3) is 0.231. The minimum absolute atomic E-state index is 0.0351. The summed E-state index contributed by atoms with van der Waals surface area (Å²) in [7, 11) is -3.39. The maximum absolute atomic E-state index is 13.2. The summed E-state index contributed by atoms with van der Waals surface area (Å²) in [5.41, 5.74) is 2.34. The van der Waals surface area contributed by atoms with Crippen LogP contribution in [-0.4, -0.2) is 73.0 Å². The Balaban J connectivity index is 1.45. The number of hydrogen-bond acceptors (Lipinski definition) is 10. The summed E-state index contributed by atoms with van der Waals surface area (Å²) in [5.74, 6) is 0.809. The fourth-order valence-electron chi connectivity index (χ4n) is 3.99. The second-order valence-electron chi connectivity index (χ2n) is 8.91. The Hall–Kier alpha value is -3.85. The van der Waals surface area contributed by atoms with Gasteiger partial charge >= 0.3 is 0 Å². The normalized spacial score (nSPS) is 14.6. The van der Waals surface area contributed by atoms with Crippen molar-refractivity contribution in [3.05, 3.63) is 64.9 Å². The molecule has 1 aliphatic rings. The maximum Gasteiger partial charge on any atom is 0.270 e. The molecule has 1 aliphatic heterocycles. The number of carbonyl (C=O) groups excluding carboxylic acids is 1. The number of anilines is 2. The van der Waals surface area contributed by atoms with Crippen LogP contribution in [0.15, 0.2) is 59.2 Å². The number of ether oxygens (including phenoxy) is 2. The lowest BCUT2D eigenvalue weighted by atomic mass is 10.0. The Kier molecular flexibility index (Phi) is 8.12. The standard InChI is InChI=1S/C26H25BrN6O6S/c1-40(36,37)30-9-8-28-25(35)23-19(18-4-2-3-5-20(18)27)10-15-12-29-26(33-24(15)32-23)31-16-6-7-21-22(11-16)39-17(13-34)14-38-21/h2-7,10-12,17,30,34H,8-9,13-14H2,1H3,(H,28,35)(H,29,31,32,33). The van der Waals surface area contributed by atoms with Crippen molar-refractivity contribution >= 4 is 54.5 Å². The number of sulfonamides is 1. The lowest BCUT2D eigenvalue weighted by Gasteiger charge is -2.25. The van der Waals surface area contributed by atoms with Crippen molar-refractivity contribution < 1.29 is 27.8 Å². The van der Waals surface area contributed by atoms with E-state index in [1.54, 1.807) is 30.5 Å². The van der Waals surface area contributed by atoms with Gasteiger partial charge in [-0.1, -0.05) is 34.1 Å². The van der Waals surface area contributed by atoms with Crippen molar-refractivity contribution in [2.45, 2.75) is 6.10 Å². The van der Waals surface area contributed by atoms with Gasteiger partial charge in [-0.15, -0.1) is 0 Å². The molecule has 4 aromatic rings. The van der Waals surface area contributed by atoms with Gasteiger partial charge in [0.05, 0.1) is 12.9 Å². The summed E-state index contributed by atoms with van der Waals surface area (Å²) in [5, 5.41) is 15.8. The molecule has 1 unspecified atom stereocenters. The van der Waals surface area contributed by atoms with Crippen LogP contribution in [0.1, 0.15) is 10.5 Å². The van der Waals surface area contributed by atoms with E-state index in [0.717, 1.165) is 16.3 Å². The molecule has 3 heterocycles. The number of rotatable bonds is 9. The third-order valence-electron chi connectivity index (χ3n) is 5.84. The molecule has 14 heteroatoms. The first-order valence-electron chi connectivity index (χ1n) is 12.2. The molecule has 0 saturated carbocycles. The molecular weight excluding hydrogens is 604 g/mol. The van der Waals surface area contributed by atoms with Crippen molar-refractivity contribution in [2.75, 3.05) is 37.9 Å². The molecule has 208 valence electrons. The molecule has 1 amide bonds. The predicted octanol–water partition coefficient (Wildman–Crippen LogP) is 2.61. The van der Waals surface area contributed by atoms with Gasteiger partial charge in [0, 0.05) is 46.5 Å². The van der Waals surface area contributed by atoms with Crippen molar-refractivity contribution in [2.24, 2.45) is 0 Å². The number of benzene rings is 2. The monoisotopic (exact) mass is 628 g/mol. The van der Waals surface area contributed by atoms with Crippen LogP contribution in [0.2, 0.25) is 0 Å². The Morgan fingerprint density at radius 2 is 1.93 bits per heavy atom. The number of fused-ring (bicyclic) bond motifs is 2. The highest BCUT2D eigenvalue weighted by Gasteiger charge is 2.21. The number of nitrogens with one attached hydrogen (secondary N) is 3. The van der Waals surface area contributed by atoms with Crippen LogP contribution in [0.3, 0.4) is 0 Å². The smallest absolute Gasteiger partial charge is 0.270 e. The van der Waals surface area contributed by atoms with Gasteiger partial charge in [0.1, 0.15) is 12.3 Å². The van der Waals surface area contributed by atoms with Gasteiger partial charge in [0.2, 0.25) is 16.0 Å². The molecule has 1 atom stereocenters. The molecule has 0 saturated heterocycles. The predicted molar refractivity (Wildman–Crippen MR) is 152 cm³/mol. The van der Waals surface area contributed by atoms with Gasteiger partial charge in [-0.05, 0) is 29.8 Å². The van der Waals surface area contributed by atoms with E-state index in [2.05, 4.69) is 46.2 Å². The highest BCUT2D eigenvalue weighted by Crippen LogP contribution is 2.35. The Morgan fingerprint density at radius 3 is 2.70 bits per heavy atom. The molecule has 0 aliphatic carbocycles. The van der Waals surface area contributed by atoms with Crippen LogP contribution < -0.4 is 24.8 Å². The first-order valence-corrected chi connectivity index (χ1v) is 14.9. The SMILES string of the molecule is CS(=O)(=O)NCCNC(=O)c1nc2nc(Nc3ccc4c(c3)OC(CO)CO4)ncc2cc1-c1ccccc1Br. The van der Waals surface area contributed by atoms with E-state index >= 15 is 0 Å². The maximum atomic E-state index is 13.2. The molecule has 2 aromatic heterocycles. The molecule has 4 N–H and O–H groups in total. The van der Waals surface area contributed by atoms with Gasteiger partial charge in [-0.3, -0.25) is 4.79 Å². The van der Waals surface area contributed by atoms with E-state index in [4.69, 9.17) is 9.47 Å². The summed E-state index contributed by atoms with van der Waals surface area (Å²) in [6.07, 6.45) is 2.21. The summed E-state index contributed by atoms with van der Waals surface area (Å²) >= 11 is 3.54. The van der Waals surface area contributed by atoms with E-state index in [1.807, 2.05) is 24.3 Å². The molecule has 0 spiro atoms. The van der Waals surface area contributed by atoms with Crippen molar-refractivity contribution in [1.82, 2.24) is 25.0 Å². The zero-order chi connectivity index (χ0) is 28.3. The van der Waals surface area contributed by atoms with Crippen molar-refractivity contribution in [1.29, 1.82) is 0 Å².